The van der Waals surface area contributed by atoms with Gasteiger partial charge in [0.05, 0.1) is 24.5 Å². The minimum absolute atomic E-state index is 0.141. The summed E-state index contributed by atoms with van der Waals surface area (Å²) in [5, 5.41) is 6.83. The van der Waals surface area contributed by atoms with E-state index in [2.05, 4.69) is 15.5 Å². The zero-order chi connectivity index (χ0) is 19.2. The van der Waals surface area contributed by atoms with E-state index >= 15 is 0 Å². The summed E-state index contributed by atoms with van der Waals surface area (Å²) in [5.41, 5.74) is 1.54. The lowest BCUT2D eigenvalue weighted by atomic mass is 10.1. The lowest BCUT2D eigenvalue weighted by Crippen LogP contribution is -2.27. The summed E-state index contributed by atoms with van der Waals surface area (Å²) in [6, 6.07) is 15.0. The molecule has 140 valence electrons. The van der Waals surface area contributed by atoms with Gasteiger partial charge in [-0.15, -0.1) is 11.8 Å². The SMILES string of the molecule is COc1ccccc1C(C)NC(=O)c1ccccc1SCc1nc(C)no1. The summed E-state index contributed by atoms with van der Waals surface area (Å²) in [6.07, 6.45) is 0. The maximum atomic E-state index is 12.8. The number of nitrogens with one attached hydrogen (secondary N) is 1. The highest BCUT2D eigenvalue weighted by Gasteiger charge is 2.17. The number of benzene rings is 2. The van der Waals surface area contributed by atoms with Crippen LogP contribution in [0.4, 0.5) is 0 Å². The minimum Gasteiger partial charge on any atom is -0.496 e. The molecule has 1 amide bonds. The molecule has 7 heteroatoms. The number of rotatable bonds is 7. The number of amides is 1. The number of carbonyl (C=O) groups is 1. The summed E-state index contributed by atoms with van der Waals surface area (Å²) in [5.74, 6) is 2.25. The summed E-state index contributed by atoms with van der Waals surface area (Å²) in [6.45, 7) is 3.71. The van der Waals surface area contributed by atoms with Crippen LogP contribution in [0, 0.1) is 6.92 Å². The number of nitrogens with zero attached hydrogens (tertiary/aromatic N) is 2. The van der Waals surface area contributed by atoms with Crippen LogP contribution >= 0.6 is 11.8 Å². The molecule has 0 fully saturated rings. The maximum absolute atomic E-state index is 12.8. The van der Waals surface area contributed by atoms with Gasteiger partial charge in [0, 0.05) is 10.5 Å². The third-order valence-corrected chi connectivity index (χ3v) is 5.06. The van der Waals surface area contributed by atoms with Crippen LogP contribution in [0.1, 0.15) is 40.6 Å². The predicted molar refractivity (Wildman–Crippen MR) is 104 cm³/mol. The van der Waals surface area contributed by atoms with Crippen molar-refractivity contribution in [1.82, 2.24) is 15.5 Å². The van der Waals surface area contributed by atoms with Gasteiger partial charge in [-0.1, -0.05) is 35.5 Å². The Labute approximate surface area is 162 Å². The molecule has 0 saturated carbocycles. The van der Waals surface area contributed by atoms with Gasteiger partial charge in [0.15, 0.2) is 5.82 Å². The molecule has 6 nitrogen and oxygen atoms in total. The number of hydrogen-bond acceptors (Lipinski definition) is 6. The number of hydrogen-bond donors (Lipinski definition) is 1. The standard InChI is InChI=1S/C20H21N3O3S/c1-13(15-8-4-6-10-17(15)25-3)21-20(24)16-9-5-7-11-18(16)27-12-19-22-14(2)23-26-19/h4-11,13H,12H2,1-3H3,(H,21,24). The van der Waals surface area contributed by atoms with Crippen molar-refractivity contribution in [3.63, 3.8) is 0 Å². The molecule has 0 bridgehead atoms. The summed E-state index contributed by atoms with van der Waals surface area (Å²) in [4.78, 5) is 17.9. The van der Waals surface area contributed by atoms with E-state index in [0.717, 1.165) is 16.2 Å². The van der Waals surface area contributed by atoms with Crippen LogP contribution in [0.15, 0.2) is 57.9 Å². The first-order valence-electron chi connectivity index (χ1n) is 8.53. The van der Waals surface area contributed by atoms with E-state index in [1.165, 1.54) is 11.8 Å². The lowest BCUT2D eigenvalue weighted by molar-refractivity contribution is 0.0936. The molecule has 27 heavy (non-hydrogen) atoms. The highest BCUT2D eigenvalue weighted by molar-refractivity contribution is 7.98. The van der Waals surface area contributed by atoms with Gasteiger partial charge in [-0.25, -0.2) is 0 Å². The van der Waals surface area contributed by atoms with E-state index in [0.29, 0.717) is 23.0 Å². The van der Waals surface area contributed by atoms with Gasteiger partial charge in [0.2, 0.25) is 5.89 Å². The molecular weight excluding hydrogens is 362 g/mol. The predicted octanol–water partition coefficient (Wildman–Crippen LogP) is 4.17. The average Bonchev–Trinajstić information content (AvgIpc) is 3.11. The number of ether oxygens (including phenoxy) is 1. The van der Waals surface area contributed by atoms with Crippen LogP contribution in [0.3, 0.4) is 0 Å². The molecule has 1 N–H and O–H groups in total. The molecule has 3 aromatic rings. The van der Waals surface area contributed by atoms with Crippen LogP contribution in [-0.4, -0.2) is 23.2 Å². The molecule has 0 aliphatic carbocycles. The van der Waals surface area contributed by atoms with E-state index in [4.69, 9.17) is 9.26 Å². The molecule has 0 aliphatic rings. The Hall–Kier alpha value is -2.80. The second kappa shape index (κ2) is 8.73. The highest BCUT2D eigenvalue weighted by Crippen LogP contribution is 2.28. The van der Waals surface area contributed by atoms with E-state index in [1.54, 1.807) is 14.0 Å². The van der Waals surface area contributed by atoms with Gasteiger partial charge < -0.3 is 14.6 Å². The van der Waals surface area contributed by atoms with E-state index in [1.807, 2.05) is 55.5 Å². The fraction of sp³-hybridized carbons (Fsp3) is 0.250. The van der Waals surface area contributed by atoms with Gasteiger partial charge in [-0.3, -0.25) is 4.79 Å². The fourth-order valence-electron chi connectivity index (χ4n) is 2.69. The van der Waals surface area contributed by atoms with E-state index in [-0.39, 0.29) is 11.9 Å². The number of thioether (sulfide) groups is 1. The number of carbonyl (C=O) groups excluding carboxylic acids is 1. The maximum Gasteiger partial charge on any atom is 0.252 e. The lowest BCUT2D eigenvalue weighted by Gasteiger charge is -2.18. The Morgan fingerprint density at radius 1 is 1.22 bits per heavy atom. The van der Waals surface area contributed by atoms with Gasteiger partial charge in [-0.2, -0.15) is 4.98 Å². The van der Waals surface area contributed by atoms with Crippen LogP contribution in [0.5, 0.6) is 5.75 Å². The normalized spacial score (nSPS) is 11.8. The Bertz CT molecular complexity index is 926. The van der Waals surface area contributed by atoms with Crippen LogP contribution < -0.4 is 10.1 Å². The molecule has 0 radical (unpaired) electrons. The Kier molecular flexibility index (Phi) is 6.13. The second-order valence-corrected chi connectivity index (χ2v) is 6.97. The van der Waals surface area contributed by atoms with Crippen molar-refractivity contribution in [2.45, 2.75) is 30.5 Å². The molecule has 0 spiro atoms. The fourth-order valence-corrected chi connectivity index (χ4v) is 3.58. The molecular formula is C20H21N3O3S. The summed E-state index contributed by atoms with van der Waals surface area (Å²) >= 11 is 1.49. The molecule has 1 unspecified atom stereocenters. The van der Waals surface area contributed by atoms with E-state index in [9.17, 15) is 4.79 Å². The molecule has 1 aromatic heterocycles. The monoisotopic (exact) mass is 383 g/mol. The van der Waals surface area contributed by atoms with E-state index < -0.39 is 0 Å². The molecule has 3 rings (SSSR count). The number of aromatic nitrogens is 2. The highest BCUT2D eigenvalue weighted by atomic mass is 32.2. The Morgan fingerprint density at radius 3 is 2.70 bits per heavy atom. The second-order valence-electron chi connectivity index (χ2n) is 5.96. The first-order chi connectivity index (χ1) is 13.1. The molecule has 1 heterocycles. The molecule has 0 saturated heterocycles. The van der Waals surface area contributed by atoms with Crippen molar-refractivity contribution < 1.29 is 14.1 Å². The van der Waals surface area contributed by atoms with Crippen molar-refractivity contribution in [2.75, 3.05) is 7.11 Å². The number of methoxy groups -OCH3 is 1. The first-order valence-corrected chi connectivity index (χ1v) is 9.52. The summed E-state index contributed by atoms with van der Waals surface area (Å²) < 4.78 is 10.5. The topological polar surface area (TPSA) is 77.2 Å². The van der Waals surface area contributed by atoms with Crippen LogP contribution in [-0.2, 0) is 5.75 Å². The van der Waals surface area contributed by atoms with Crippen molar-refractivity contribution in [3.8, 4) is 5.75 Å². The smallest absolute Gasteiger partial charge is 0.252 e. The van der Waals surface area contributed by atoms with Crippen LogP contribution in [0.25, 0.3) is 0 Å². The summed E-state index contributed by atoms with van der Waals surface area (Å²) in [7, 11) is 1.62. The van der Waals surface area contributed by atoms with Gasteiger partial charge in [0.1, 0.15) is 5.75 Å². The third kappa shape index (κ3) is 4.68. The molecule has 2 aromatic carbocycles. The van der Waals surface area contributed by atoms with Crippen LogP contribution in [0.2, 0.25) is 0 Å². The molecule has 0 aliphatic heterocycles. The zero-order valence-electron chi connectivity index (χ0n) is 15.4. The number of para-hydroxylation sites is 1. The van der Waals surface area contributed by atoms with Gasteiger partial charge in [-0.05, 0) is 32.0 Å². The van der Waals surface area contributed by atoms with Crippen molar-refractivity contribution in [1.29, 1.82) is 0 Å². The Morgan fingerprint density at radius 2 is 1.96 bits per heavy atom. The first kappa shape index (κ1) is 19.0. The quantitative estimate of drug-likeness (QED) is 0.617. The van der Waals surface area contributed by atoms with Crippen molar-refractivity contribution in [2.24, 2.45) is 0 Å². The third-order valence-electron chi connectivity index (χ3n) is 4.01. The van der Waals surface area contributed by atoms with Gasteiger partial charge >= 0.3 is 0 Å². The van der Waals surface area contributed by atoms with Crippen molar-refractivity contribution in [3.05, 3.63) is 71.4 Å². The average molecular weight is 383 g/mol. The largest absolute Gasteiger partial charge is 0.496 e. The minimum atomic E-state index is -0.190. The van der Waals surface area contributed by atoms with Crippen molar-refractivity contribution >= 4 is 17.7 Å². The number of aryl methyl sites for hydroxylation is 1. The Balaban J connectivity index is 1.72. The van der Waals surface area contributed by atoms with Gasteiger partial charge in [0.25, 0.3) is 5.91 Å². The molecule has 1 atom stereocenters. The zero-order valence-corrected chi connectivity index (χ0v) is 16.2.